The first-order valence-electron chi connectivity index (χ1n) is 10.3. The molecule has 29 heavy (non-hydrogen) atoms. The number of allylic oxidation sites excluding steroid dienone is 3. The Morgan fingerprint density at radius 1 is 1.31 bits per heavy atom. The number of Topliss-reactive ketones (excluding diaryl/α,β-unsaturated/α-hetero) is 1. The molecule has 0 N–H and O–H groups in total. The molecule has 2 saturated carbocycles. The van der Waals surface area contributed by atoms with E-state index in [9.17, 15) is 14.4 Å². The molecule has 1 unspecified atom stereocenters. The van der Waals surface area contributed by atoms with Crippen LogP contribution in [0.3, 0.4) is 0 Å². The van der Waals surface area contributed by atoms with Crippen LogP contribution in [0.1, 0.15) is 40.0 Å². The predicted molar refractivity (Wildman–Crippen MR) is 101 cm³/mol. The smallest absolute Gasteiger partial charge is 0.303 e. The molecule has 1 aliphatic heterocycles. The van der Waals surface area contributed by atoms with Crippen LogP contribution in [0.4, 0.5) is 4.39 Å². The number of epoxide rings is 1. The van der Waals surface area contributed by atoms with E-state index < -0.39 is 28.6 Å². The van der Waals surface area contributed by atoms with Crippen molar-refractivity contribution in [3.8, 4) is 0 Å². The number of hydrogen-bond donors (Lipinski definition) is 0. The number of esters is 1. The zero-order valence-corrected chi connectivity index (χ0v) is 16.9. The van der Waals surface area contributed by atoms with Crippen LogP contribution in [0, 0.1) is 22.7 Å². The third kappa shape index (κ3) is 2.26. The fraction of sp³-hybridized carbons (Fsp3) is 0.609. The highest BCUT2D eigenvalue weighted by Gasteiger charge is 2.79. The van der Waals surface area contributed by atoms with Gasteiger partial charge in [0, 0.05) is 23.3 Å². The lowest BCUT2D eigenvalue weighted by Crippen LogP contribution is -2.59. The van der Waals surface area contributed by atoms with Gasteiger partial charge in [-0.1, -0.05) is 19.1 Å². The molecule has 0 amide bonds. The molecule has 7 atom stereocenters. The third-order valence-electron chi connectivity index (χ3n) is 8.21. The van der Waals surface area contributed by atoms with Crippen molar-refractivity contribution >= 4 is 17.5 Å². The lowest BCUT2D eigenvalue weighted by atomic mass is 9.47. The Labute approximate surface area is 169 Å². The minimum atomic E-state index is -1.20. The molecule has 0 radical (unpaired) electrons. The summed E-state index contributed by atoms with van der Waals surface area (Å²) in [4.78, 5) is 35.8. The predicted octanol–water partition coefficient (Wildman–Crippen LogP) is 3.04. The second-order valence-corrected chi connectivity index (χ2v) is 9.53. The van der Waals surface area contributed by atoms with Gasteiger partial charge in [-0.05, 0) is 55.7 Å². The molecular formula is C23H25FO5. The summed E-state index contributed by atoms with van der Waals surface area (Å²) < 4.78 is 26.6. The van der Waals surface area contributed by atoms with E-state index in [1.165, 1.54) is 19.1 Å². The van der Waals surface area contributed by atoms with Crippen molar-refractivity contribution in [3.05, 3.63) is 35.5 Å². The molecule has 154 valence electrons. The number of fused-ring (bicyclic) bond motifs is 3. The Bertz CT molecular complexity index is 932. The zero-order valence-electron chi connectivity index (χ0n) is 16.9. The van der Waals surface area contributed by atoms with Crippen molar-refractivity contribution in [2.24, 2.45) is 22.7 Å². The van der Waals surface area contributed by atoms with Gasteiger partial charge in [0.05, 0.1) is 6.10 Å². The quantitative estimate of drug-likeness (QED) is 0.538. The number of hydrogen-bond acceptors (Lipinski definition) is 5. The molecule has 3 fully saturated rings. The number of alkyl halides is 1. The van der Waals surface area contributed by atoms with Gasteiger partial charge in [-0.15, -0.1) is 0 Å². The van der Waals surface area contributed by atoms with E-state index in [2.05, 4.69) is 6.92 Å². The fourth-order valence-corrected chi connectivity index (χ4v) is 6.89. The molecule has 5 rings (SSSR count). The van der Waals surface area contributed by atoms with Gasteiger partial charge in [-0.3, -0.25) is 14.4 Å². The van der Waals surface area contributed by atoms with E-state index >= 15 is 4.39 Å². The van der Waals surface area contributed by atoms with Crippen LogP contribution in [0.15, 0.2) is 35.5 Å². The Balaban J connectivity index is 1.49. The highest BCUT2D eigenvalue weighted by atomic mass is 19.1. The van der Waals surface area contributed by atoms with Gasteiger partial charge in [-0.25, -0.2) is 4.39 Å². The van der Waals surface area contributed by atoms with E-state index in [0.29, 0.717) is 30.4 Å². The van der Waals surface area contributed by atoms with Gasteiger partial charge >= 0.3 is 5.97 Å². The summed E-state index contributed by atoms with van der Waals surface area (Å²) in [7, 11) is 0. The SMILES string of the molecule is CC(=O)OCC(=O)C1=CC[C@H]2C3C[C@H](F)C4=CC(=O)C=C[C@]4(C)[C@@]34O[C@H]4C[C@]12C. The molecule has 6 heteroatoms. The van der Waals surface area contributed by atoms with E-state index in [4.69, 9.17) is 9.47 Å². The first-order chi connectivity index (χ1) is 13.6. The zero-order chi connectivity index (χ0) is 20.8. The summed E-state index contributed by atoms with van der Waals surface area (Å²) >= 11 is 0. The summed E-state index contributed by atoms with van der Waals surface area (Å²) in [5.74, 6) is -0.795. The minimum absolute atomic E-state index is 0.0449. The van der Waals surface area contributed by atoms with E-state index in [0.717, 1.165) is 0 Å². The molecule has 0 aromatic heterocycles. The first-order valence-corrected chi connectivity index (χ1v) is 10.3. The third-order valence-corrected chi connectivity index (χ3v) is 8.21. The van der Waals surface area contributed by atoms with Gasteiger partial charge in [0.1, 0.15) is 11.8 Å². The van der Waals surface area contributed by atoms with E-state index in [-0.39, 0.29) is 36.1 Å². The van der Waals surface area contributed by atoms with Gasteiger partial charge in [0.25, 0.3) is 0 Å². The topological polar surface area (TPSA) is 73.0 Å². The van der Waals surface area contributed by atoms with Crippen LogP contribution in [0.25, 0.3) is 0 Å². The van der Waals surface area contributed by atoms with Crippen LogP contribution in [0.5, 0.6) is 0 Å². The van der Waals surface area contributed by atoms with Crippen LogP contribution < -0.4 is 0 Å². The molecule has 0 bridgehead atoms. The molecular weight excluding hydrogens is 375 g/mol. The molecule has 5 nitrogen and oxygen atoms in total. The molecule has 5 aliphatic rings. The lowest BCUT2D eigenvalue weighted by molar-refractivity contribution is -0.145. The Morgan fingerprint density at radius 2 is 2.07 bits per heavy atom. The number of ether oxygens (including phenoxy) is 2. The van der Waals surface area contributed by atoms with Crippen molar-refractivity contribution in [1.82, 2.24) is 0 Å². The van der Waals surface area contributed by atoms with E-state index in [1.54, 1.807) is 0 Å². The number of rotatable bonds is 3. The first kappa shape index (κ1) is 18.9. The van der Waals surface area contributed by atoms with Gasteiger partial charge < -0.3 is 9.47 Å². The maximum absolute atomic E-state index is 15.3. The number of carbonyl (C=O) groups excluding carboxylic acids is 3. The van der Waals surface area contributed by atoms with Crippen LogP contribution in [-0.2, 0) is 23.9 Å². The van der Waals surface area contributed by atoms with Crippen molar-refractivity contribution in [1.29, 1.82) is 0 Å². The lowest BCUT2D eigenvalue weighted by Gasteiger charge is -2.54. The van der Waals surface area contributed by atoms with Crippen LogP contribution in [0.2, 0.25) is 0 Å². The van der Waals surface area contributed by atoms with E-state index in [1.807, 2.05) is 19.1 Å². The highest BCUT2D eigenvalue weighted by molar-refractivity contribution is 6.01. The van der Waals surface area contributed by atoms with Crippen molar-refractivity contribution in [2.75, 3.05) is 6.61 Å². The Hall–Kier alpha value is -2.08. The van der Waals surface area contributed by atoms with Crippen LogP contribution >= 0.6 is 0 Å². The average Bonchev–Trinajstić information content (AvgIpc) is 3.27. The summed E-state index contributed by atoms with van der Waals surface area (Å²) in [5, 5.41) is 0. The van der Waals surface area contributed by atoms with Crippen molar-refractivity contribution < 1.29 is 28.2 Å². The number of halogens is 1. The van der Waals surface area contributed by atoms with Crippen molar-refractivity contribution in [2.45, 2.75) is 57.9 Å². The minimum Gasteiger partial charge on any atom is -0.457 e. The summed E-state index contributed by atoms with van der Waals surface area (Å²) in [5.41, 5.74) is -0.350. The molecule has 0 aromatic carbocycles. The highest BCUT2D eigenvalue weighted by Crippen LogP contribution is 2.74. The Kier molecular flexibility index (Phi) is 3.75. The monoisotopic (exact) mass is 400 g/mol. The number of ketones is 2. The largest absolute Gasteiger partial charge is 0.457 e. The van der Waals surface area contributed by atoms with Crippen molar-refractivity contribution in [3.63, 3.8) is 0 Å². The maximum Gasteiger partial charge on any atom is 0.303 e. The molecule has 0 aromatic rings. The maximum atomic E-state index is 15.3. The van der Waals surface area contributed by atoms with Crippen LogP contribution in [-0.4, -0.2) is 42.0 Å². The molecule has 1 heterocycles. The summed E-state index contributed by atoms with van der Waals surface area (Å²) in [6.45, 7) is 5.07. The molecule has 1 spiro atoms. The summed E-state index contributed by atoms with van der Waals surface area (Å²) in [6, 6.07) is 0. The molecule has 1 saturated heterocycles. The Morgan fingerprint density at radius 3 is 2.79 bits per heavy atom. The fourth-order valence-electron chi connectivity index (χ4n) is 6.89. The van der Waals surface area contributed by atoms with Gasteiger partial charge in [0.15, 0.2) is 18.2 Å². The summed E-state index contributed by atoms with van der Waals surface area (Å²) in [6.07, 6.45) is 7.14. The average molecular weight is 400 g/mol. The second-order valence-electron chi connectivity index (χ2n) is 9.53. The standard InChI is InChI=1S/C23H25FO5/c1-12(25)28-11-19(27)15-5-4-14-16-9-18(24)17-8-13(26)6-7-22(17,3)23(16)20(29-23)10-21(14,15)2/h5-8,14,16,18,20H,4,9-11H2,1-3H3/t14-,16?,18-,20-,21-,22-,23+/m0/s1. The normalized spacial score (nSPS) is 46.6. The van der Waals surface area contributed by atoms with Gasteiger partial charge in [0.2, 0.25) is 0 Å². The second kappa shape index (κ2) is 5.75. The molecule has 4 aliphatic carbocycles. The number of carbonyl (C=O) groups is 3. The van der Waals surface area contributed by atoms with Gasteiger partial charge in [-0.2, -0.15) is 0 Å².